The predicted molar refractivity (Wildman–Crippen MR) is 90.2 cm³/mol. The lowest BCUT2D eigenvalue weighted by Gasteiger charge is -2.36. The van der Waals surface area contributed by atoms with Crippen molar-refractivity contribution in [2.24, 2.45) is 11.8 Å². The molecule has 0 saturated carbocycles. The SMILES string of the molecule is CC(C)C[C@@H](CNC(=O)OC(C)(C)C)C(=O)N1CCC(O)(O)CC1. The number of ether oxygens (including phenoxy) is 1. The molecule has 140 valence electrons. The molecular weight excluding hydrogens is 312 g/mol. The molecule has 1 aliphatic heterocycles. The van der Waals surface area contributed by atoms with Crippen LogP contribution in [0.1, 0.15) is 53.9 Å². The number of amides is 2. The van der Waals surface area contributed by atoms with Crippen LogP contribution in [0.2, 0.25) is 0 Å². The Morgan fingerprint density at radius 3 is 2.21 bits per heavy atom. The summed E-state index contributed by atoms with van der Waals surface area (Å²) in [5.74, 6) is -1.78. The maximum Gasteiger partial charge on any atom is 0.407 e. The van der Waals surface area contributed by atoms with E-state index < -0.39 is 17.5 Å². The van der Waals surface area contributed by atoms with Crippen LogP contribution in [0.15, 0.2) is 0 Å². The summed E-state index contributed by atoms with van der Waals surface area (Å²) in [4.78, 5) is 26.2. The summed E-state index contributed by atoms with van der Waals surface area (Å²) in [5, 5.41) is 21.8. The number of hydrogen-bond donors (Lipinski definition) is 3. The van der Waals surface area contributed by atoms with Crippen LogP contribution in [-0.2, 0) is 9.53 Å². The fourth-order valence-electron chi connectivity index (χ4n) is 2.70. The van der Waals surface area contributed by atoms with E-state index in [-0.39, 0.29) is 31.2 Å². The topological polar surface area (TPSA) is 99.1 Å². The molecule has 0 radical (unpaired) electrons. The summed E-state index contributed by atoms with van der Waals surface area (Å²) in [5.41, 5.74) is -0.583. The van der Waals surface area contributed by atoms with Crippen molar-refractivity contribution in [1.29, 1.82) is 0 Å². The lowest BCUT2D eigenvalue weighted by Crippen LogP contribution is -2.50. The van der Waals surface area contributed by atoms with E-state index in [9.17, 15) is 19.8 Å². The van der Waals surface area contributed by atoms with Crippen LogP contribution in [0.3, 0.4) is 0 Å². The maximum absolute atomic E-state index is 12.7. The van der Waals surface area contributed by atoms with Gasteiger partial charge in [-0.3, -0.25) is 4.79 Å². The highest BCUT2D eigenvalue weighted by Gasteiger charge is 2.34. The molecule has 0 aromatic heterocycles. The zero-order valence-electron chi connectivity index (χ0n) is 15.5. The second-order valence-corrected chi connectivity index (χ2v) is 8.02. The van der Waals surface area contributed by atoms with Crippen molar-refractivity contribution in [1.82, 2.24) is 10.2 Å². The van der Waals surface area contributed by atoms with Crippen molar-refractivity contribution in [3.8, 4) is 0 Å². The molecule has 3 N–H and O–H groups in total. The molecular formula is C17H32N2O5. The molecule has 0 unspecified atom stereocenters. The van der Waals surface area contributed by atoms with E-state index in [0.29, 0.717) is 25.4 Å². The minimum Gasteiger partial charge on any atom is -0.444 e. The van der Waals surface area contributed by atoms with E-state index in [4.69, 9.17) is 4.74 Å². The van der Waals surface area contributed by atoms with Gasteiger partial charge in [-0.25, -0.2) is 4.79 Å². The smallest absolute Gasteiger partial charge is 0.407 e. The molecule has 7 heteroatoms. The molecule has 24 heavy (non-hydrogen) atoms. The Kier molecular flexibility index (Phi) is 7.04. The Morgan fingerprint density at radius 1 is 1.21 bits per heavy atom. The molecule has 1 saturated heterocycles. The number of nitrogens with one attached hydrogen (secondary N) is 1. The molecule has 0 bridgehead atoms. The Balaban J connectivity index is 2.61. The van der Waals surface area contributed by atoms with Crippen molar-refractivity contribution >= 4 is 12.0 Å². The van der Waals surface area contributed by atoms with Crippen LogP contribution in [-0.4, -0.2) is 58.1 Å². The third-order valence-electron chi connectivity index (χ3n) is 3.87. The van der Waals surface area contributed by atoms with Gasteiger partial charge >= 0.3 is 6.09 Å². The van der Waals surface area contributed by atoms with Gasteiger partial charge in [-0.15, -0.1) is 0 Å². The van der Waals surface area contributed by atoms with Gasteiger partial charge in [0, 0.05) is 32.5 Å². The third kappa shape index (κ3) is 7.49. The average Bonchev–Trinajstić information content (AvgIpc) is 2.40. The van der Waals surface area contributed by atoms with E-state index in [2.05, 4.69) is 5.32 Å². The fourth-order valence-corrected chi connectivity index (χ4v) is 2.70. The lowest BCUT2D eigenvalue weighted by atomic mass is 9.94. The molecule has 0 spiro atoms. The normalized spacial score (nSPS) is 19.1. The first-order valence-electron chi connectivity index (χ1n) is 8.60. The molecule has 2 amide bonds. The minimum absolute atomic E-state index is 0.0599. The molecule has 1 fully saturated rings. The van der Waals surface area contributed by atoms with Gasteiger partial charge in [0.05, 0.1) is 5.92 Å². The van der Waals surface area contributed by atoms with Gasteiger partial charge in [0.25, 0.3) is 0 Å². The van der Waals surface area contributed by atoms with Crippen LogP contribution < -0.4 is 5.32 Å². The average molecular weight is 344 g/mol. The number of carbonyl (C=O) groups excluding carboxylic acids is 2. The highest BCUT2D eigenvalue weighted by atomic mass is 16.6. The lowest BCUT2D eigenvalue weighted by molar-refractivity contribution is -0.191. The van der Waals surface area contributed by atoms with Crippen molar-refractivity contribution in [3.05, 3.63) is 0 Å². The fraction of sp³-hybridized carbons (Fsp3) is 0.882. The first-order valence-corrected chi connectivity index (χ1v) is 8.60. The van der Waals surface area contributed by atoms with E-state index in [1.54, 1.807) is 25.7 Å². The summed E-state index contributed by atoms with van der Waals surface area (Å²) in [6.07, 6.45) is 0.403. The molecule has 1 rings (SSSR count). The van der Waals surface area contributed by atoms with Gasteiger partial charge in [-0.2, -0.15) is 0 Å². The second kappa shape index (κ2) is 8.16. The standard InChI is InChI=1S/C17H32N2O5/c1-12(2)10-13(11-18-15(21)24-16(3,4)5)14(20)19-8-6-17(22,23)7-9-19/h12-13,22-23H,6-11H2,1-5H3,(H,18,21)/t13-/m0/s1. The molecule has 1 aliphatic rings. The van der Waals surface area contributed by atoms with E-state index >= 15 is 0 Å². The van der Waals surface area contributed by atoms with Crippen molar-refractivity contribution in [3.63, 3.8) is 0 Å². The number of hydrogen-bond acceptors (Lipinski definition) is 5. The van der Waals surface area contributed by atoms with E-state index in [1.807, 2.05) is 13.8 Å². The van der Waals surface area contributed by atoms with E-state index in [1.165, 1.54) is 0 Å². The number of nitrogens with zero attached hydrogens (tertiary/aromatic N) is 1. The van der Waals surface area contributed by atoms with Gasteiger partial charge in [0.2, 0.25) is 5.91 Å². The number of piperidine rings is 1. The van der Waals surface area contributed by atoms with Crippen molar-refractivity contribution < 1.29 is 24.5 Å². The number of likely N-dealkylation sites (tertiary alicyclic amines) is 1. The molecule has 1 heterocycles. The van der Waals surface area contributed by atoms with Crippen LogP contribution in [0.5, 0.6) is 0 Å². The second-order valence-electron chi connectivity index (χ2n) is 8.02. The Bertz CT molecular complexity index is 433. The zero-order chi connectivity index (χ0) is 18.5. The monoisotopic (exact) mass is 344 g/mol. The first kappa shape index (κ1) is 20.7. The third-order valence-corrected chi connectivity index (χ3v) is 3.87. The first-order chi connectivity index (χ1) is 10.9. The summed E-state index contributed by atoms with van der Waals surface area (Å²) >= 11 is 0. The summed E-state index contributed by atoms with van der Waals surface area (Å²) in [6, 6.07) is 0. The number of carbonyl (C=O) groups is 2. The predicted octanol–water partition coefficient (Wildman–Crippen LogP) is 1.48. The summed E-state index contributed by atoms with van der Waals surface area (Å²) in [7, 11) is 0. The summed E-state index contributed by atoms with van der Waals surface area (Å²) in [6.45, 7) is 10.2. The molecule has 0 aromatic carbocycles. The maximum atomic E-state index is 12.7. The molecule has 7 nitrogen and oxygen atoms in total. The van der Waals surface area contributed by atoms with Gasteiger partial charge in [0.1, 0.15) is 5.60 Å². The number of rotatable bonds is 5. The Labute approximate surface area is 144 Å². The van der Waals surface area contributed by atoms with Crippen LogP contribution >= 0.6 is 0 Å². The van der Waals surface area contributed by atoms with Crippen molar-refractivity contribution in [2.45, 2.75) is 65.3 Å². The molecule has 0 aliphatic carbocycles. The highest BCUT2D eigenvalue weighted by Crippen LogP contribution is 2.22. The van der Waals surface area contributed by atoms with Gasteiger partial charge in [0.15, 0.2) is 5.79 Å². The van der Waals surface area contributed by atoms with Gasteiger partial charge < -0.3 is 25.2 Å². The largest absolute Gasteiger partial charge is 0.444 e. The summed E-state index contributed by atoms with van der Waals surface area (Å²) < 4.78 is 5.20. The van der Waals surface area contributed by atoms with Crippen LogP contribution in [0.4, 0.5) is 4.79 Å². The minimum atomic E-state index is -1.68. The van der Waals surface area contributed by atoms with Crippen LogP contribution in [0, 0.1) is 11.8 Å². The Hall–Kier alpha value is -1.34. The van der Waals surface area contributed by atoms with Crippen LogP contribution in [0.25, 0.3) is 0 Å². The van der Waals surface area contributed by atoms with Crippen molar-refractivity contribution in [2.75, 3.05) is 19.6 Å². The zero-order valence-corrected chi connectivity index (χ0v) is 15.5. The molecule has 0 aromatic rings. The number of alkyl carbamates (subject to hydrolysis) is 1. The van der Waals surface area contributed by atoms with Gasteiger partial charge in [-0.05, 0) is 33.1 Å². The quantitative estimate of drug-likeness (QED) is 0.656. The number of aliphatic hydroxyl groups is 2. The van der Waals surface area contributed by atoms with Gasteiger partial charge in [-0.1, -0.05) is 13.8 Å². The highest BCUT2D eigenvalue weighted by molar-refractivity contribution is 5.80. The Morgan fingerprint density at radius 2 is 1.75 bits per heavy atom. The van der Waals surface area contributed by atoms with E-state index in [0.717, 1.165) is 0 Å². The molecule has 1 atom stereocenters.